The zero-order valence-corrected chi connectivity index (χ0v) is 12.9. The quantitative estimate of drug-likeness (QED) is 0.789. The highest BCUT2D eigenvalue weighted by Crippen LogP contribution is 2.23. The molecule has 0 amide bonds. The van der Waals surface area contributed by atoms with Gasteiger partial charge in [0.2, 0.25) is 0 Å². The first-order valence-electron chi connectivity index (χ1n) is 7.31. The number of nitrogens with zero attached hydrogens (tertiary/aromatic N) is 2. The van der Waals surface area contributed by atoms with E-state index in [1.165, 1.54) is 6.26 Å². The Morgan fingerprint density at radius 2 is 2.33 bits per heavy atom. The first kappa shape index (κ1) is 16.0. The molecule has 0 radical (unpaired) electrons. The maximum Gasteiger partial charge on any atom is 0.341 e. The number of aliphatic hydroxyl groups excluding tert-OH is 1. The number of carbonyl (C=O) groups excluding carboxylic acids is 1. The third-order valence-electron chi connectivity index (χ3n) is 3.67. The van der Waals surface area contributed by atoms with E-state index in [0.29, 0.717) is 31.0 Å². The SMILES string of the molecule is CCOC(=O)c1ccoc1CN1CC(O)CC1CN(C)C. The second-order valence-corrected chi connectivity index (χ2v) is 5.71. The van der Waals surface area contributed by atoms with Gasteiger partial charge in [-0.15, -0.1) is 0 Å². The zero-order chi connectivity index (χ0) is 15.4. The highest BCUT2D eigenvalue weighted by atomic mass is 16.5. The molecule has 6 nitrogen and oxygen atoms in total. The van der Waals surface area contributed by atoms with Gasteiger partial charge >= 0.3 is 5.97 Å². The van der Waals surface area contributed by atoms with Gasteiger partial charge in [0.25, 0.3) is 0 Å². The summed E-state index contributed by atoms with van der Waals surface area (Å²) < 4.78 is 10.5. The van der Waals surface area contributed by atoms with Crippen LogP contribution in [0.5, 0.6) is 0 Å². The Morgan fingerprint density at radius 1 is 1.57 bits per heavy atom. The summed E-state index contributed by atoms with van der Waals surface area (Å²) in [7, 11) is 4.03. The number of carbonyl (C=O) groups is 1. The Bertz CT molecular complexity index is 472. The molecule has 1 aromatic heterocycles. The van der Waals surface area contributed by atoms with Crippen LogP contribution in [0.2, 0.25) is 0 Å². The number of ether oxygens (including phenoxy) is 1. The summed E-state index contributed by atoms with van der Waals surface area (Å²) in [6.45, 7) is 4.10. The van der Waals surface area contributed by atoms with E-state index in [4.69, 9.17) is 9.15 Å². The number of hydrogen-bond donors (Lipinski definition) is 1. The summed E-state index contributed by atoms with van der Waals surface area (Å²) in [5.41, 5.74) is 0.474. The topological polar surface area (TPSA) is 66.1 Å². The van der Waals surface area contributed by atoms with E-state index in [0.717, 1.165) is 13.0 Å². The van der Waals surface area contributed by atoms with E-state index >= 15 is 0 Å². The van der Waals surface area contributed by atoms with Gasteiger partial charge in [-0.05, 0) is 33.5 Å². The number of likely N-dealkylation sites (N-methyl/N-ethyl adjacent to an activating group) is 1. The highest BCUT2D eigenvalue weighted by molar-refractivity contribution is 5.90. The molecule has 6 heteroatoms. The molecule has 2 heterocycles. The highest BCUT2D eigenvalue weighted by Gasteiger charge is 2.32. The minimum Gasteiger partial charge on any atom is -0.467 e. The molecule has 21 heavy (non-hydrogen) atoms. The van der Waals surface area contributed by atoms with Crippen LogP contribution < -0.4 is 0 Å². The molecule has 118 valence electrons. The fraction of sp³-hybridized carbons (Fsp3) is 0.667. The Kier molecular flexibility index (Phi) is 5.39. The standard InChI is InChI=1S/C15H24N2O4/c1-4-20-15(19)13-5-6-21-14(13)10-17-9-12(18)7-11(17)8-16(2)3/h5-6,11-12,18H,4,7-10H2,1-3H3. The fourth-order valence-corrected chi connectivity index (χ4v) is 2.80. The van der Waals surface area contributed by atoms with Gasteiger partial charge in [0.15, 0.2) is 0 Å². The fourth-order valence-electron chi connectivity index (χ4n) is 2.80. The Labute approximate surface area is 125 Å². The smallest absolute Gasteiger partial charge is 0.341 e. The summed E-state index contributed by atoms with van der Waals surface area (Å²) >= 11 is 0. The monoisotopic (exact) mass is 296 g/mol. The van der Waals surface area contributed by atoms with E-state index in [2.05, 4.69) is 9.80 Å². The maximum absolute atomic E-state index is 11.9. The first-order valence-corrected chi connectivity index (χ1v) is 7.31. The number of likely N-dealkylation sites (tertiary alicyclic amines) is 1. The zero-order valence-electron chi connectivity index (χ0n) is 12.9. The third-order valence-corrected chi connectivity index (χ3v) is 3.67. The molecule has 1 aromatic rings. The van der Waals surface area contributed by atoms with Gasteiger partial charge in [-0.2, -0.15) is 0 Å². The molecular formula is C15H24N2O4. The van der Waals surface area contributed by atoms with Crippen molar-refractivity contribution >= 4 is 5.97 Å². The molecule has 2 atom stereocenters. The van der Waals surface area contributed by atoms with Gasteiger partial charge in [-0.3, -0.25) is 4.90 Å². The van der Waals surface area contributed by atoms with E-state index in [9.17, 15) is 9.90 Å². The Balaban J connectivity index is 2.06. The molecule has 0 bridgehead atoms. The molecule has 1 fully saturated rings. The molecule has 0 aliphatic carbocycles. The molecule has 1 aliphatic heterocycles. The van der Waals surface area contributed by atoms with Crippen LogP contribution >= 0.6 is 0 Å². The van der Waals surface area contributed by atoms with E-state index in [-0.39, 0.29) is 18.1 Å². The van der Waals surface area contributed by atoms with Crippen molar-refractivity contribution in [3.63, 3.8) is 0 Å². The van der Waals surface area contributed by atoms with Crippen molar-refractivity contribution in [2.75, 3.05) is 33.8 Å². The Morgan fingerprint density at radius 3 is 3.00 bits per heavy atom. The predicted octanol–water partition coefficient (Wildman–Crippen LogP) is 0.953. The summed E-state index contributed by atoms with van der Waals surface area (Å²) in [6, 6.07) is 1.90. The number of hydrogen-bond acceptors (Lipinski definition) is 6. The van der Waals surface area contributed by atoms with Gasteiger partial charge in [0, 0.05) is 19.1 Å². The average molecular weight is 296 g/mol. The van der Waals surface area contributed by atoms with Crippen LogP contribution in [0, 0.1) is 0 Å². The van der Waals surface area contributed by atoms with Gasteiger partial charge < -0.3 is 19.2 Å². The number of furan rings is 1. The lowest BCUT2D eigenvalue weighted by Gasteiger charge is -2.26. The number of esters is 1. The van der Waals surface area contributed by atoms with Gasteiger partial charge in [-0.25, -0.2) is 4.79 Å². The molecule has 0 aromatic carbocycles. The van der Waals surface area contributed by atoms with Crippen LogP contribution in [0.1, 0.15) is 29.5 Å². The van der Waals surface area contributed by atoms with Crippen LogP contribution in [-0.4, -0.2) is 66.8 Å². The van der Waals surface area contributed by atoms with Crippen molar-refractivity contribution in [2.45, 2.75) is 32.0 Å². The number of rotatable bonds is 6. The molecule has 1 saturated heterocycles. The summed E-state index contributed by atoms with van der Waals surface area (Å²) in [4.78, 5) is 16.1. The van der Waals surface area contributed by atoms with Crippen molar-refractivity contribution in [1.82, 2.24) is 9.80 Å². The lowest BCUT2D eigenvalue weighted by atomic mass is 10.2. The van der Waals surface area contributed by atoms with Gasteiger partial charge in [0.1, 0.15) is 11.3 Å². The second kappa shape index (κ2) is 7.06. The third kappa shape index (κ3) is 4.06. The molecular weight excluding hydrogens is 272 g/mol. The largest absolute Gasteiger partial charge is 0.467 e. The molecule has 2 rings (SSSR count). The molecule has 0 spiro atoms. The molecule has 0 saturated carbocycles. The summed E-state index contributed by atoms with van der Waals surface area (Å²) in [6.07, 6.45) is 1.93. The maximum atomic E-state index is 11.9. The summed E-state index contributed by atoms with van der Waals surface area (Å²) in [5.74, 6) is 0.247. The van der Waals surface area contributed by atoms with E-state index in [1.807, 2.05) is 14.1 Å². The molecule has 1 aliphatic rings. The van der Waals surface area contributed by atoms with Crippen LogP contribution in [0.25, 0.3) is 0 Å². The van der Waals surface area contributed by atoms with Crippen LogP contribution in [-0.2, 0) is 11.3 Å². The lowest BCUT2D eigenvalue weighted by Crippen LogP contribution is -2.37. The normalized spacial score (nSPS) is 22.9. The Hall–Kier alpha value is -1.37. The van der Waals surface area contributed by atoms with E-state index < -0.39 is 0 Å². The van der Waals surface area contributed by atoms with Crippen LogP contribution in [0.15, 0.2) is 16.7 Å². The van der Waals surface area contributed by atoms with Crippen molar-refractivity contribution in [3.05, 3.63) is 23.7 Å². The number of aliphatic hydroxyl groups is 1. The summed E-state index contributed by atoms with van der Waals surface area (Å²) in [5, 5.41) is 9.89. The first-order chi connectivity index (χ1) is 10.0. The lowest BCUT2D eigenvalue weighted by molar-refractivity contribution is 0.0521. The molecule has 2 unspecified atom stereocenters. The minimum atomic E-state index is -0.356. The average Bonchev–Trinajstić information content (AvgIpc) is 2.97. The predicted molar refractivity (Wildman–Crippen MR) is 78.0 cm³/mol. The van der Waals surface area contributed by atoms with Gasteiger partial charge in [-0.1, -0.05) is 0 Å². The van der Waals surface area contributed by atoms with Crippen LogP contribution in [0.3, 0.4) is 0 Å². The van der Waals surface area contributed by atoms with E-state index in [1.54, 1.807) is 13.0 Å². The number of β-amino-alcohol motifs (C(OH)–C–C–N with tert-alkyl or cyclic N) is 1. The van der Waals surface area contributed by atoms with Crippen LogP contribution in [0.4, 0.5) is 0 Å². The minimum absolute atomic E-state index is 0.259. The van der Waals surface area contributed by atoms with Crippen molar-refractivity contribution in [2.24, 2.45) is 0 Å². The van der Waals surface area contributed by atoms with Crippen molar-refractivity contribution < 1.29 is 19.1 Å². The van der Waals surface area contributed by atoms with Crippen molar-refractivity contribution in [1.29, 1.82) is 0 Å². The second-order valence-electron chi connectivity index (χ2n) is 5.71. The van der Waals surface area contributed by atoms with Gasteiger partial charge in [0.05, 0.1) is 25.5 Å². The molecule has 1 N–H and O–H groups in total. The van der Waals surface area contributed by atoms with Crippen molar-refractivity contribution in [3.8, 4) is 0 Å².